The van der Waals surface area contributed by atoms with E-state index in [1.807, 2.05) is 4.90 Å². The number of hydrogen-bond donors (Lipinski definition) is 1. The molecule has 1 fully saturated rings. The van der Waals surface area contributed by atoms with Gasteiger partial charge in [-0.3, -0.25) is 4.79 Å². The lowest BCUT2D eigenvalue weighted by Gasteiger charge is -2.31. The first-order valence-corrected chi connectivity index (χ1v) is 7.74. The molecule has 0 aromatic heterocycles. The van der Waals surface area contributed by atoms with E-state index in [0.29, 0.717) is 13.0 Å². The highest BCUT2D eigenvalue weighted by Crippen LogP contribution is 2.18. The van der Waals surface area contributed by atoms with Gasteiger partial charge in [0.25, 0.3) is 0 Å². The first-order chi connectivity index (χ1) is 9.22. The minimum absolute atomic E-state index is 0.0438. The molecule has 1 N–H and O–H groups in total. The Bertz CT molecular complexity index is 248. The van der Waals surface area contributed by atoms with Crippen LogP contribution in [0.1, 0.15) is 58.8 Å². The van der Waals surface area contributed by atoms with Gasteiger partial charge in [-0.2, -0.15) is 0 Å². The second kappa shape index (κ2) is 9.32. The van der Waals surface area contributed by atoms with Gasteiger partial charge in [0, 0.05) is 25.6 Å². The van der Waals surface area contributed by atoms with Crippen molar-refractivity contribution >= 4 is 5.91 Å². The predicted molar refractivity (Wildman–Crippen MR) is 76.0 cm³/mol. The van der Waals surface area contributed by atoms with E-state index in [4.69, 9.17) is 9.84 Å². The van der Waals surface area contributed by atoms with Gasteiger partial charge < -0.3 is 14.7 Å². The van der Waals surface area contributed by atoms with Crippen LogP contribution in [-0.4, -0.2) is 47.8 Å². The minimum Gasteiger partial charge on any atom is -0.395 e. The monoisotopic (exact) mass is 271 g/mol. The molecular formula is C15H29NO3. The number of aliphatic hydroxyl groups excluding tert-OH is 1. The van der Waals surface area contributed by atoms with Crippen LogP contribution in [0.5, 0.6) is 0 Å². The summed E-state index contributed by atoms with van der Waals surface area (Å²) in [4.78, 5) is 14.1. The molecule has 0 aliphatic carbocycles. The third-order valence-corrected chi connectivity index (χ3v) is 4.00. The number of rotatable bonds is 8. The molecule has 1 unspecified atom stereocenters. The smallest absolute Gasteiger partial charge is 0.222 e. The molecule has 1 heterocycles. The van der Waals surface area contributed by atoms with Crippen LogP contribution in [0.25, 0.3) is 0 Å². The zero-order chi connectivity index (χ0) is 14.1. The SMILES string of the molecule is CCC(CC)N(CCO)C(=O)CCC1CCCCO1. The van der Waals surface area contributed by atoms with Gasteiger partial charge in [-0.05, 0) is 38.5 Å². The molecule has 1 aliphatic rings. The van der Waals surface area contributed by atoms with E-state index >= 15 is 0 Å². The number of nitrogens with zero attached hydrogens (tertiary/aromatic N) is 1. The largest absolute Gasteiger partial charge is 0.395 e. The summed E-state index contributed by atoms with van der Waals surface area (Å²) in [5, 5.41) is 9.12. The van der Waals surface area contributed by atoms with Crippen molar-refractivity contribution in [2.75, 3.05) is 19.8 Å². The van der Waals surface area contributed by atoms with Crippen molar-refractivity contribution < 1.29 is 14.6 Å². The lowest BCUT2D eigenvalue weighted by molar-refractivity contribution is -0.135. The maximum Gasteiger partial charge on any atom is 0.222 e. The third-order valence-electron chi connectivity index (χ3n) is 4.00. The average molecular weight is 271 g/mol. The molecule has 1 saturated heterocycles. The molecule has 0 radical (unpaired) electrons. The van der Waals surface area contributed by atoms with Crippen LogP contribution < -0.4 is 0 Å². The van der Waals surface area contributed by atoms with E-state index < -0.39 is 0 Å². The lowest BCUT2D eigenvalue weighted by Crippen LogP contribution is -2.41. The fraction of sp³-hybridized carbons (Fsp3) is 0.933. The molecule has 1 amide bonds. The number of carbonyl (C=O) groups is 1. The Morgan fingerprint density at radius 2 is 2.11 bits per heavy atom. The third kappa shape index (κ3) is 5.49. The Balaban J connectivity index is 2.41. The highest BCUT2D eigenvalue weighted by Gasteiger charge is 2.22. The Morgan fingerprint density at radius 1 is 1.37 bits per heavy atom. The molecule has 112 valence electrons. The van der Waals surface area contributed by atoms with Crippen LogP contribution >= 0.6 is 0 Å². The van der Waals surface area contributed by atoms with Crippen molar-refractivity contribution in [1.82, 2.24) is 4.90 Å². The van der Waals surface area contributed by atoms with Gasteiger partial charge in [0.1, 0.15) is 0 Å². The highest BCUT2D eigenvalue weighted by molar-refractivity contribution is 5.76. The van der Waals surface area contributed by atoms with Crippen molar-refractivity contribution in [3.8, 4) is 0 Å². The molecule has 1 atom stereocenters. The molecule has 0 aromatic carbocycles. The molecule has 19 heavy (non-hydrogen) atoms. The van der Waals surface area contributed by atoms with Crippen molar-refractivity contribution in [1.29, 1.82) is 0 Å². The summed E-state index contributed by atoms with van der Waals surface area (Å²) in [5.74, 6) is 0.164. The second-order valence-electron chi connectivity index (χ2n) is 5.31. The Hall–Kier alpha value is -0.610. The molecule has 4 heteroatoms. The van der Waals surface area contributed by atoms with Crippen LogP contribution in [0.3, 0.4) is 0 Å². The number of carbonyl (C=O) groups excluding carboxylic acids is 1. The molecule has 4 nitrogen and oxygen atoms in total. The average Bonchev–Trinajstić information content (AvgIpc) is 2.46. The summed E-state index contributed by atoms with van der Waals surface area (Å²) < 4.78 is 5.66. The van der Waals surface area contributed by atoms with Crippen LogP contribution in [0.4, 0.5) is 0 Å². The topological polar surface area (TPSA) is 49.8 Å². The van der Waals surface area contributed by atoms with Gasteiger partial charge in [0.05, 0.1) is 12.7 Å². The summed E-state index contributed by atoms with van der Waals surface area (Å²) in [7, 11) is 0. The van der Waals surface area contributed by atoms with E-state index in [9.17, 15) is 4.79 Å². The van der Waals surface area contributed by atoms with Crippen LogP contribution in [0.15, 0.2) is 0 Å². The molecular weight excluding hydrogens is 242 g/mol. The highest BCUT2D eigenvalue weighted by atomic mass is 16.5. The summed E-state index contributed by atoms with van der Waals surface area (Å²) in [6.07, 6.45) is 6.96. The fourth-order valence-electron chi connectivity index (χ4n) is 2.81. The number of ether oxygens (including phenoxy) is 1. The molecule has 0 spiro atoms. The van der Waals surface area contributed by atoms with E-state index in [-0.39, 0.29) is 24.7 Å². The standard InChI is InChI=1S/C15H29NO3/c1-3-13(4-2)16(10-11-17)15(18)9-8-14-7-5-6-12-19-14/h13-14,17H,3-12H2,1-2H3. The van der Waals surface area contributed by atoms with E-state index in [2.05, 4.69) is 13.8 Å². The van der Waals surface area contributed by atoms with Gasteiger partial charge >= 0.3 is 0 Å². The van der Waals surface area contributed by atoms with Gasteiger partial charge in [0.2, 0.25) is 5.91 Å². The Kier molecular flexibility index (Phi) is 8.07. The Labute approximate surface area is 117 Å². The van der Waals surface area contributed by atoms with Gasteiger partial charge in [0.15, 0.2) is 0 Å². The van der Waals surface area contributed by atoms with Crippen molar-refractivity contribution in [3.63, 3.8) is 0 Å². The van der Waals surface area contributed by atoms with E-state index in [1.54, 1.807) is 0 Å². The van der Waals surface area contributed by atoms with E-state index in [1.165, 1.54) is 6.42 Å². The Morgan fingerprint density at radius 3 is 2.63 bits per heavy atom. The number of hydrogen-bond acceptors (Lipinski definition) is 3. The molecule has 0 saturated carbocycles. The first kappa shape index (κ1) is 16.4. The van der Waals surface area contributed by atoms with Crippen molar-refractivity contribution in [2.24, 2.45) is 0 Å². The van der Waals surface area contributed by atoms with Crippen LogP contribution in [0, 0.1) is 0 Å². The van der Waals surface area contributed by atoms with Crippen LogP contribution in [-0.2, 0) is 9.53 Å². The number of aliphatic hydroxyl groups is 1. The number of amides is 1. The summed E-state index contributed by atoms with van der Waals surface area (Å²) in [6.45, 7) is 5.52. The molecule has 0 aromatic rings. The normalized spacial score (nSPS) is 19.7. The maximum atomic E-state index is 12.3. The van der Waals surface area contributed by atoms with E-state index in [0.717, 1.165) is 38.7 Å². The zero-order valence-corrected chi connectivity index (χ0v) is 12.4. The lowest BCUT2D eigenvalue weighted by atomic mass is 10.0. The van der Waals surface area contributed by atoms with Crippen LogP contribution in [0.2, 0.25) is 0 Å². The quantitative estimate of drug-likeness (QED) is 0.737. The summed E-state index contributed by atoms with van der Waals surface area (Å²) >= 11 is 0. The second-order valence-corrected chi connectivity index (χ2v) is 5.31. The maximum absolute atomic E-state index is 12.3. The van der Waals surface area contributed by atoms with Crippen molar-refractivity contribution in [2.45, 2.75) is 70.9 Å². The van der Waals surface area contributed by atoms with Gasteiger partial charge in [-0.1, -0.05) is 13.8 Å². The predicted octanol–water partition coefficient (Wildman–Crippen LogP) is 2.35. The molecule has 0 bridgehead atoms. The fourth-order valence-corrected chi connectivity index (χ4v) is 2.81. The summed E-state index contributed by atoms with van der Waals surface area (Å²) in [6, 6.07) is 0.256. The molecule has 1 aliphatic heterocycles. The van der Waals surface area contributed by atoms with Crippen molar-refractivity contribution in [3.05, 3.63) is 0 Å². The molecule has 1 rings (SSSR count). The minimum atomic E-state index is 0.0438. The first-order valence-electron chi connectivity index (χ1n) is 7.74. The summed E-state index contributed by atoms with van der Waals surface area (Å²) in [5.41, 5.74) is 0. The van der Waals surface area contributed by atoms with Gasteiger partial charge in [-0.15, -0.1) is 0 Å². The zero-order valence-electron chi connectivity index (χ0n) is 12.4. The van der Waals surface area contributed by atoms with Gasteiger partial charge in [-0.25, -0.2) is 0 Å².